The van der Waals surface area contributed by atoms with E-state index in [2.05, 4.69) is 10.1 Å². The van der Waals surface area contributed by atoms with Gasteiger partial charge >= 0.3 is 0 Å². The Morgan fingerprint density at radius 1 is 1.33 bits per heavy atom. The lowest BCUT2D eigenvalue weighted by atomic mass is 10.2. The maximum absolute atomic E-state index is 11.1. The molecule has 0 aliphatic heterocycles. The van der Waals surface area contributed by atoms with Crippen molar-refractivity contribution in [1.82, 2.24) is 10.1 Å². The van der Waals surface area contributed by atoms with Crippen molar-refractivity contribution in [2.75, 3.05) is 19.1 Å². The molecule has 7 nitrogen and oxygen atoms in total. The lowest BCUT2D eigenvalue weighted by Crippen LogP contribution is -2.16. The first-order chi connectivity index (χ1) is 9.89. The summed E-state index contributed by atoms with van der Waals surface area (Å²) in [5.41, 5.74) is 6.62. The fourth-order valence-corrected chi connectivity index (χ4v) is 2.39. The first-order valence-electron chi connectivity index (χ1n) is 6.30. The van der Waals surface area contributed by atoms with Gasteiger partial charge in [-0.2, -0.15) is 4.98 Å². The maximum Gasteiger partial charge on any atom is 0.243 e. The molecule has 21 heavy (non-hydrogen) atoms. The van der Waals surface area contributed by atoms with E-state index in [9.17, 15) is 8.42 Å². The summed E-state index contributed by atoms with van der Waals surface area (Å²) in [5.74, 6) is 1.34. The van der Waals surface area contributed by atoms with Gasteiger partial charge in [-0.1, -0.05) is 5.16 Å². The maximum atomic E-state index is 11.1. The molecule has 1 heterocycles. The number of benzene rings is 1. The van der Waals surface area contributed by atoms with Gasteiger partial charge in [-0.3, -0.25) is 0 Å². The molecule has 114 valence electrons. The highest BCUT2D eigenvalue weighted by Gasteiger charge is 2.17. The van der Waals surface area contributed by atoms with Crippen molar-refractivity contribution < 1.29 is 17.7 Å². The molecule has 8 heteroatoms. The number of aromatic nitrogens is 2. The van der Waals surface area contributed by atoms with Crippen LogP contribution in [0.15, 0.2) is 28.8 Å². The zero-order chi connectivity index (χ0) is 15.5. The van der Waals surface area contributed by atoms with E-state index in [-0.39, 0.29) is 18.1 Å². The fourth-order valence-electron chi connectivity index (χ4n) is 1.71. The highest BCUT2D eigenvalue weighted by molar-refractivity contribution is 7.90. The van der Waals surface area contributed by atoms with Crippen LogP contribution in [0.25, 0.3) is 11.4 Å². The standard InChI is InChI=1S/C13H17N3O4S/c1-19-10-5-3-9(4-6-10)12-15-13(20-16-12)11(14)7-8-21(2,17)18/h3-6,11H,7-8,14H2,1-2H3. The number of hydrogen-bond donors (Lipinski definition) is 1. The minimum atomic E-state index is -3.06. The lowest BCUT2D eigenvalue weighted by Gasteiger charge is -2.04. The molecule has 1 aromatic heterocycles. The second-order valence-corrected chi connectivity index (χ2v) is 6.97. The molecule has 2 aromatic rings. The molecular weight excluding hydrogens is 294 g/mol. The first-order valence-corrected chi connectivity index (χ1v) is 8.36. The van der Waals surface area contributed by atoms with Crippen molar-refractivity contribution in [3.05, 3.63) is 30.2 Å². The molecular formula is C13H17N3O4S. The van der Waals surface area contributed by atoms with Crippen molar-refractivity contribution in [1.29, 1.82) is 0 Å². The van der Waals surface area contributed by atoms with Gasteiger partial charge in [0.25, 0.3) is 0 Å². The predicted molar refractivity (Wildman–Crippen MR) is 77.5 cm³/mol. The zero-order valence-electron chi connectivity index (χ0n) is 11.8. The summed E-state index contributed by atoms with van der Waals surface area (Å²) in [6.07, 6.45) is 1.40. The van der Waals surface area contributed by atoms with Crippen LogP contribution in [0, 0.1) is 0 Å². The van der Waals surface area contributed by atoms with Gasteiger partial charge < -0.3 is 15.0 Å². The Kier molecular flexibility index (Phi) is 4.59. The zero-order valence-corrected chi connectivity index (χ0v) is 12.6. The minimum absolute atomic E-state index is 0.0194. The Balaban J connectivity index is 2.09. The summed E-state index contributed by atoms with van der Waals surface area (Å²) in [4.78, 5) is 4.20. The van der Waals surface area contributed by atoms with Gasteiger partial charge in [0, 0.05) is 11.8 Å². The van der Waals surface area contributed by atoms with Crippen molar-refractivity contribution >= 4 is 9.84 Å². The van der Waals surface area contributed by atoms with Crippen molar-refractivity contribution in [2.24, 2.45) is 5.73 Å². The Hall–Kier alpha value is -1.93. The van der Waals surface area contributed by atoms with Crippen LogP contribution in [0.3, 0.4) is 0 Å². The molecule has 0 aliphatic carbocycles. The third-order valence-corrected chi connectivity index (χ3v) is 3.88. The Bertz CT molecular complexity index is 694. The van der Waals surface area contributed by atoms with E-state index in [1.54, 1.807) is 31.4 Å². The number of nitrogens with zero attached hydrogens (tertiary/aromatic N) is 2. The summed E-state index contributed by atoms with van der Waals surface area (Å²) < 4.78 is 32.4. The largest absolute Gasteiger partial charge is 0.497 e. The summed E-state index contributed by atoms with van der Waals surface area (Å²) in [6.45, 7) is 0. The number of sulfone groups is 1. The van der Waals surface area contributed by atoms with E-state index in [0.29, 0.717) is 5.82 Å². The molecule has 0 saturated heterocycles. The van der Waals surface area contributed by atoms with Gasteiger partial charge in [0.15, 0.2) is 0 Å². The van der Waals surface area contributed by atoms with E-state index in [4.69, 9.17) is 15.0 Å². The second kappa shape index (κ2) is 6.23. The molecule has 1 atom stereocenters. The van der Waals surface area contributed by atoms with Gasteiger partial charge in [0.1, 0.15) is 15.6 Å². The van der Waals surface area contributed by atoms with E-state index < -0.39 is 15.9 Å². The SMILES string of the molecule is COc1ccc(-c2noc(C(N)CCS(C)(=O)=O)n2)cc1. The molecule has 0 radical (unpaired) electrons. The predicted octanol–water partition coefficient (Wildman–Crippen LogP) is 1.18. The highest BCUT2D eigenvalue weighted by atomic mass is 32.2. The molecule has 0 bridgehead atoms. The Morgan fingerprint density at radius 2 is 2.00 bits per heavy atom. The van der Waals surface area contributed by atoms with Crippen LogP contribution >= 0.6 is 0 Å². The molecule has 0 spiro atoms. The third kappa shape index (κ3) is 4.27. The number of ether oxygens (including phenoxy) is 1. The highest BCUT2D eigenvalue weighted by Crippen LogP contribution is 2.21. The third-order valence-electron chi connectivity index (χ3n) is 2.91. The molecule has 0 aliphatic rings. The second-order valence-electron chi connectivity index (χ2n) is 4.71. The van der Waals surface area contributed by atoms with Crippen molar-refractivity contribution in [3.8, 4) is 17.1 Å². The molecule has 2 N–H and O–H groups in total. The topological polar surface area (TPSA) is 108 Å². The van der Waals surface area contributed by atoms with Crippen LogP contribution in [0.5, 0.6) is 5.75 Å². The van der Waals surface area contributed by atoms with Crippen LogP contribution < -0.4 is 10.5 Å². The first kappa shape index (κ1) is 15.5. The van der Waals surface area contributed by atoms with Gasteiger partial charge in [0.05, 0.1) is 18.9 Å². The minimum Gasteiger partial charge on any atom is -0.497 e. The smallest absolute Gasteiger partial charge is 0.243 e. The van der Waals surface area contributed by atoms with E-state index >= 15 is 0 Å². The van der Waals surface area contributed by atoms with E-state index in [0.717, 1.165) is 17.6 Å². The number of methoxy groups -OCH3 is 1. The fraction of sp³-hybridized carbons (Fsp3) is 0.385. The van der Waals surface area contributed by atoms with E-state index in [1.807, 2.05) is 0 Å². The number of hydrogen-bond acceptors (Lipinski definition) is 7. The summed E-state index contributed by atoms with van der Waals surface area (Å²) in [6, 6.07) is 6.58. The molecule has 0 amide bonds. The molecule has 1 unspecified atom stereocenters. The molecule has 1 aromatic carbocycles. The molecule has 0 saturated carbocycles. The monoisotopic (exact) mass is 311 g/mol. The molecule has 0 fully saturated rings. The van der Waals surface area contributed by atoms with E-state index in [1.165, 1.54) is 0 Å². The van der Waals surface area contributed by atoms with Crippen LogP contribution in [0.1, 0.15) is 18.4 Å². The molecule has 2 rings (SSSR count). The van der Waals surface area contributed by atoms with Crippen LogP contribution in [-0.4, -0.2) is 37.7 Å². The van der Waals surface area contributed by atoms with Crippen molar-refractivity contribution in [2.45, 2.75) is 12.5 Å². The Morgan fingerprint density at radius 3 is 2.57 bits per heavy atom. The summed E-state index contributed by atoms with van der Waals surface area (Å²) in [5, 5.41) is 3.85. The quantitative estimate of drug-likeness (QED) is 0.853. The number of nitrogens with two attached hydrogens (primary N) is 1. The van der Waals surface area contributed by atoms with Crippen LogP contribution in [0.2, 0.25) is 0 Å². The summed E-state index contributed by atoms with van der Waals surface area (Å²) >= 11 is 0. The average Bonchev–Trinajstić information content (AvgIpc) is 2.94. The average molecular weight is 311 g/mol. The van der Waals surface area contributed by atoms with Gasteiger partial charge in [-0.25, -0.2) is 8.42 Å². The van der Waals surface area contributed by atoms with Gasteiger partial charge in [-0.05, 0) is 30.7 Å². The van der Waals surface area contributed by atoms with Gasteiger partial charge in [-0.15, -0.1) is 0 Å². The van der Waals surface area contributed by atoms with Crippen LogP contribution in [0.4, 0.5) is 0 Å². The van der Waals surface area contributed by atoms with Crippen LogP contribution in [-0.2, 0) is 9.84 Å². The lowest BCUT2D eigenvalue weighted by molar-refractivity contribution is 0.352. The van der Waals surface area contributed by atoms with Gasteiger partial charge in [0.2, 0.25) is 11.7 Å². The number of rotatable bonds is 6. The normalized spacial score (nSPS) is 13.1. The summed E-state index contributed by atoms with van der Waals surface area (Å²) in [7, 11) is -1.48. The Labute approximate surface area is 123 Å². The van der Waals surface area contributed by atoms with Crippen molar-refractivity contribution in [3.63, 3.8) is 0 Å².